The molecule has 4 rings (SSSR count). The molecule has 2 heterocycles. The lowest BCUT2D eigenvalue weighted by Crippen LogP contribution is -2.29. The van der Waals surface area contributed by atoms with Crippen molar-refractivity contribution in [2.24, 2.45) is 0 Å². The summed E-state index contributed by atoms with van der Waals surface area (Å²) < 4.78 is 10.7. The Hall–Kier alpha value is -4.17. The number of amides is 1. The summed E-state index contributed by atoms with van der Waals surface area (Å²) in [7, 11) is 0. The molecule has 0 bridgehead atoms. The minimum atomic E-state index is -0.998. The molecule has 1 amide bonds. The maximum absolute atomic E-state index is 13.4. The van der Waals surface area contributed by atoms with E-state index in [0.717, 1.165) is 0 Å². The van der Waals surface area contributed by atoms with E-state index < -0.39 is 23.7 Å². The molecule has 0 aliphatic carbocycles. The molecule has 190 valence electrons. The second kappa shape index (κ2) is 11.3. The van der Waals surface area contributed by atoms with Crippen LogP contribution in [-0.2, 0) is 14.3 Å². The van der Waals surface area contributed by atoms with Gasteiger partial charge in [0, 0.05) is 23.6 Å². The van der Waals surface area contributed by atoms with Gasteiger partial charge in [0.05, 0.1) is 35.4 Å². The van der Waals surface area contributed by atoms with Crippen LogP contribution in [-0.4, -0.2) is 41.0 Å². The number of esters is 1. The largest absolute Gasteiger partial charge is 0.507 e. The molecule has 2 aromatic carbocycles. The number of hydrogen-bond acceptors (Lipinski definition) is 7. The number of ether oxygens (including phenoxy) is 2. The van der Waals surface area contributed by atoms with Crippen molar-refractivity contribution in [1.29, 1.82) is 0 Å². The van der Waals surface area contributed by atoms with Gasteiger partial charge < -0.3 is 14.6 Å². The van der Waals surface area contributed by atoms with E-state index in [-0.39, 0.29) is 29.1 Å². The summed E-state index contributed by atoms with van der Waals surface area (Å²) in [6.45, 7) is 4.28. The number of nitrogens with zero attached hydrogens (tertiary/aromatic N) is 2. The quantitative estimate of drug-likeness (QED) is 0.185. The molecule has 37 heavy (non-hydrogen) atoms. The smallest absolute Gasteiger partial charge is 0.338 e. The van der Waals surface area contributed by atoms with Crippen molar-refractivity contribution in [2.75, 3.05) is 18.1 Å². The molecule has 1 unspecified atom stereocenters. The number of ketones is 1. The van der Waals surface area contributed by atoms with Crippen molar-refractivity contribution in [2.45, 2.75) is 26.3 Å². The molecule has 1 atom stereocenters. The van der Waals surface area contributed by atoms with E-state index in [1.165, 1.54) is 29.3 Å². The minimum absolute atomic E-state index is 0.123. The minimum Gasteiger partial charge on any atom is -0.507 e. The van der Waals surface area contributed by atoms with Crippen molar-refractivity contribution in [3.63, 3.8) is 0 Å². The average molecular weight is 521 g/mol. The van der Waals surface area contributed by atoms with Gasteiger partial charge in [-0.3, -0.25) is 19.5 Å². The molecule has 0 radical (unpaired) electrons. The predicted molar refractivity (Wildman–Crippen MR) is 139 cm³/mol. The van der Waals surface area contributed by atoms with Crippen LogP contribution in [0.2, 0.25) is 5.02 Å². The van der Waals surface area contributed by atoms with E-state index in [9.17, 15) is 19.5 Å². The Morgan fingerprint density at radius 2 is 1.89 bits per heavy atom. The number of carbonyl (C=O) groups is 3. The molecule has 3 aromatic rings. The highest BCUT2D eigenvalue weighted by Crippen LogP contribution is 2.42. The highest BCUT2D eigenvalue weighted by atomic mass is 35.5. The van der Waals surface area contributed by atoms with Gasteiger partial charge >= 0.3 is 5.97 Å². The summed E-state index contributed by atoms with van der Waals surface area (Å²) in [6, 6.07) is 13.2. The number of pyridine rings is 1. The molecule has 9 heteroatoms. The van der Waals surface area contributed by atoms with Crippen molar-refractivity contribution >= 4 is 40.7 Å². The molecule has 8 nitrogen and oxygen atoms in total. The first kappa shape index (κ1) is 25.9. The first-order valence-corrected chi connectivity index (χ1v) is 12.2. The molecule has 1 saturated heterocycles. The van der Waals surface area contributed by atoms with E-state index >= 15 is 0 Å². The molecular weight excluding hydrogens is 496 g/mol. The van der Waals surface area contributed by atoms with Crippen LogP contribution < -0.4 is 9.64 Å². The van der Waals surface area contributed by atoms with Crippen LogP contribution in [0.3, 0.4) is 0 Å². The molecule has 1 aliphatic heterocycles. The Balaban J connectivity index is 1.86. The first-order valence-electron chi connectivity index (χ1n) is 11.8. The molecule has 1 fully saturated rings. The van der Waals surface area contributed by atoms with Crippen LogP contribution in [0.1, 0.15) is 47.8 Å². The fourth-order valence-electron chi connectivity index (χ4n) is 4.09. The molecule has 1 aromatic heterocycles. The Kier molecular flexibility index (Phi) is 7.89. The standard InChI is InChI=1S/C28H25ClN2O6/c1-3-13-37-28(35)18-7-5-9-20(14-18)31-24(19-8-6-12-30-16-19)23(26(33)27(31)34)25(32)17-10-11-21(29)22(15-17)36-4-2/h5-12,14-16,24,32H,3-4,13H2,1-2H3/b25-23+. The van der Waals surface area contributed by atoms with Gasteiger partial charge in [-0.1, -0.05) is 30.7 Å². The lowest BCUT2D eigenvalue weighted by atomic mass is 9.96. The van der Waals surface area contributed by atoms with Gasteiger partial charge in [-0.25, -0.2) is 4.79 Å². The Morgan fingerprint density at radius 1 is 1.08 bits per heavy atom. The van der Waals surface area contributed by atoms with Gasteiger partial charge in [-0.15, -0.1) is 0 Å². The number of aliphatic hydroxyl groups is 1. The number of anilines is 1. The number of aliphatic hydroxyl groups excluding tert-OH is 1. The molecule has 1 aliphatic rings. The number of Topliss-reactive ketones (excluding diaryl/α,β-unsaturated/α-hetero) is 1. The third-order valence-corrected chi connectivity index (χ3v) is 6.06. The summed E-state index contributed by atoms with van der Waals surface area (Å²) in [5, 5.41) is 11.7. The van der Waals surface area contributed by atoms with Crippen molar-refractivity contribution in [3.8, 4) is 5.75 Å². The van der Waals surface area contributed by atoms with E-state index in [0.29, 0.717) is 35.1 Å². The molecule has 0 saturated carbocycles. The molecule has 0 spiro atoms. The van der Waals surface area contributed by atoms with Crippen molar-refractivity contribution < 1.29 is 29.0 Å². The normalized spacial score (nSPS) is 16.6. The van der Waals surface area contributed by atoms with Gasteiger partial charge in [0.25, 0.3) is 11.7 Å². The van der Waals surface area contributed by atoms with Gasteiger partial charge in [-0.05, 0) is 61.4 Å². The summed E-state index contributed by atoms with van der Waals surface area (Å²) in [5.74, 6) is -2.32. The first-order chi connectivity index (χ1) is 17.9. The van der Waals surface area contributed by atoms with Crippen LogP contribution in [0.15, 0.2) is 72.6 Å². The fraction of sp³-hybridized carbons (Fsp3) is 0.214. The van der Waals surface area contributed by atoms with Crippen molar-refractivity contribution in [3.05, 3.63) is 94.3 Å². The summed E-state index contributed by atoms with van der Waals surface area (Å²) >= 11 is 6.19. The zero-order valence-electron chi connectivity index (χ0n) is 20.3. The second-order valence-corrected chi connectivity index (χ2v) is 8.63. The lowest BCUT2D eigenvalue weighted by Gasteiger charge is -2.25. The number of benzene rings is 2. The Morgan fingerprint density at radius 3 is 2.59 bits per heavy atom. The SMILES string of the molecule is CCCOC(=O)c1cccc(N2C(=O)C(=O)/C(=C(/O)c3ccc(Cl)c(OCC)c3)C2c2cccnc2)c1. The second-order valence-electron chi connectivity index (χ2n) is 8.22. The number of aromatic nitrogens is 1. The zero-order chi connectivity index (χ0) is 26.5. The third kappa shape index (κ3) is 5.20. The number of rotatable bonds is 8. The molecule has 1 N–H and O–H groups in total. The number of carbonyl (C=O) groups excluding carboxylic acids is 3. The highest BCUT2D eigenvalue weighted by Gasteiger charge is 2.47. The van der Waals surface area contributed by atoms with Gasteiger partial charge in [0.2, 0.25) is 0 Å². The van der Waals surface area contributed by atoms with E-state index in [4.69, 9.17) is 21.1 Å². The third-order valence-electron chi connectivity index (χ3n) is 5.75. The van der Waals surface area contributed by atoms with Crippen molar-refractivity contribution in [1.82, 2.24) is 4.98 Å². The number of halogens is 1. The maximum Gasteiger partial charge on any atom is 0.338 e. The summed E-state index contributed by atoms with van der Waals surface area (Å²) in [6.07, 6.45) is 3.74. The van der Waals surface area contributed by atoms with Crippen LogP contribution in [0.5, 0.6) is 5.75 Å². The van der Waals surface area contributed by atoms with E-state index in [1.807, 2.05) is 6.92 Å². The average Bonchev–Trinajstić information content (AvgIpc) is 3.19. The number of hydrogen-bond donors (Lipinski definition) is 1. The fourth-order valence-corrected chi connectivity index (χ4v) is 4.26. The van der Waals surface area contributed by atoms with Crippen LogP contribution >= 0.6 is 11.6 Å². The Labute approximate surface area is 219 Å². The van der Waals surface area contributed by atoms with Crippen LogP contribution in [0.25, 0.3) is 5.76 Å². The Bertz CT molecular complexity index is 1370. The summed E-state index contributed by atoms with van der Waals surface area (Å²) in [4.78, 5) is 44.6. The van der Waals surface area contributed by atoms with E-state index in [2.05, 4.69) is 4.98 Å². The van der Waals surface area contributed by atoms with Gasteiger partial charge in [0.1, 0.15) is 11.5 Å². The lowest BCUT2D eigenvalue weighted by molar-refractivity contribution is -0.132. The van der Waals surface area contributed by atoms with E-state index in [1.54, 1.807) is 49.5 Å². The topological polar surface area (TPSA) is 106 Å². The zero-order valence-corrected chi connectivity index (χ0v) is 21.1. The molecular formula is C28H25ClN2O6. The summed E-state index contributed by atoms with van der Waals surface area (Å²) in [5.41, 5.74) is 1.17. The monoisotopic (exact) mass is 520 g/mol. The predicted octanol–water partition coefficient (Wildman–Crippen LogP) is 5.33. The van der Waals surface area contributed by atoms with Crippen LogP contribution in [0.4, 0.5) is 5.69 Å². The van der Waals surface area contributed by atoms with Crippen LogP contribution in [0, 0.1) is 0 Å². The highest BCUT2D eigenvalue weighted by molar-refractivity contribution is 6.51. The van der Waals surface area contributed by atoms with Gasteiger partial charge in [-0.2, -0.15) is 0 Å². The van der Waals surface area contributed by atoms with Gasteiger partial charge in [0.15, 0.2) is 0 Å². The maximum atomic E-state index is 13.4.